The van der Waals surface area contributed by atoms with Crippen molar-refractivity contribution in [3.63, 3.8) is 0 Å². The van der Waals surface area contributed by atoms with Crippen LogP contribution in [0.25, 0.3) is 11.1 Å². The van der Waals surface area contributed by atoms with Gasteiger partial charge in [0.1, 0.15) is 5.82 Å². The van der Waals surface area contributed by atoms with Crippen LogP contribution in [0.3, 0.4) is 0 Å². The van der Waals surface area contributed by atoms with Crippen molar-refractivity contribution in [2.75, 3.05) is 39.2 Å². The Balaban J connectivity index is 1.54. The third kappa shape index (κ3) is 4.03. The fourth-order valence-electron chi connectivity index (χ4n) is 5.68. The van der Waals surface area contributed by atoms with Crippen molar-refractivity contribution in [1.29, 1.82) is 0 Å². The quantitative estimate of drug-likeness (QED) is 0.599. The zero-order valence-electron chi connectivity index (χ0n) is 20.7. The number of anilines is 1. The van der Waals surface area contributed by atoms with Gasteiger partial charge in [-0.15, -0.1) is 0 Å². The summed E-state index contributed by atoms with van der Waals surface area (Å²) >= 11 is 0. The second kappa shape index (κ2) is 9.39. The molecular weight excluding hydrogens is 457 g/mol. The van der Waals surface area contributed by atoms with E-state index in [2.05, 4.69) is 11.0 Å². The molecule has 0 aliphatic carbocycles. The summed E-state index contributed by atoms with van der Waals surface area (Å²) in [5.41, 5.74) is 5.07. The van der Waals surface area contributed by atoms with E-state index in [-0.39, 0.29) is 42.2 Å². The van der Waals surface area contributed by atoms with Crippen LogP contribution in [0.5, 0.6) is 0 Å². The van der Waals surface area contributed by atoms with Crippen LogP contribution in [0.15, 0.2) is 66.7 Å². The number of amides is 2. The van der Waals surface area contributed by atoms with Crippen LogP contribution in [0.2, 0.25) is 0 Å². The van der Waals surface area contributed by atoms with Gasteiger partial charge in [0.15, 0.2) is 0 Å². The average Bonchev–Trinajstić information content (AvgIpc) is 3.33. The molecule has 2 amide bonds. The molecule has 0 radical (unpaired) electrons. The van der Waals surface area contributed by atoms with E-state index in [1.54, 1.807) is 19.0 Å². The van der Waals surface area contributed by atoms with Gasteiger partial charge < -0.3 is 19.8 Å². The number of carbonyl (C=O) groups is 2. The zero-order valence-corrected chi connectivity index (χ0v) is 20.7. The molecule has 0 unspecified atom stereocenters. The molecule has 3 aromatic carbocycles. The van der Waals surface area contributed by atoms with Crippen molar-refractivity contribution in [3.8, 4) is 11.1 Å². The molecule has 2 aliphatic rings. The molecule has 1 fully saturated rings. The van der Waals surface area contributed by atoms with Crippen molar-refractivity contribution in [3.05, 3.63) is 89.2 Å². The van der Waals surface area contributed by atoms with E-state index in [1.807, 2.05) is 48.3 Å². The van der Waals surface area contributed by atoms with Crippen molar-refractivity contribution in [2.24, 2.45) is 5.92 Å². The predicted molar refractivity (Wildman–Crippen MR) is 137 cm³/mol. The first-order valence-corrected chi connectivity index (χ1v) is 12.2. The summed E-state index contributed by atoms with van der Waals surface area (Å²) in [7, 11) is 5.45. The third-order valence-electron chi connectivity index (χ3n) is 7.57. The van der Waals surface area contributed by atoms with Crippen LogP contribution < -0.4 is 4.90 Å². The van der Waals surface area contributed by atoms with Crippen LogP contribution >= 0.6 is 0 Å². The summed E-state index contributed by atoms with van der Waals surface area (Å²) in [5.74, 6) is -0.481. The minimum atomic E-state index is -0.376. The minimum absolute atomic E-state index is 0.00119. The molecule has 3 aromatic rings. The first-order valence-electron chi connectivity index (χ1n) is 12.2. The first-order chi connectivity index (χ1) is 17.3. The smallest absolute Gasteiger partial charge is 0.254 e. The van der Waals surface area contributed by atoms with Gasteiger partial charge in [-0.25, -0.2) is 4.39 Å². The van der Waals surface area contributed by atoms with E-state index in [9.17, 15) is 19.1 Å². The SMILES string of the molecule is CN(C)C(=O)c1ccc(-c2ccc3c(c2)[C@H]2[C@H](CCN2C(=O)c2ccc(F)cc2)[C@@H](CO)N3C)cc1. The summed E-state index contributed by atoms with van der Waals surface area (Å²) in [4.78, 5) is 31.3. The largest absolute Gasteiger partial charge is 0.394 e. The predicted octanol–water partition coefficient (Wildman–Crippen LogP) is 4.21. The molecule has 0 bridgehead atoms. The highest BCUT2D eigenvalue weighted by Gasteiger charge is 2.47. The minimum Gasteiger partial charge on any atom is -0.394 e. The Bertz CT molecular complexity index is 1290. The number of carbonyl (C=O) groups excluding carboxylic acids is 2. The Morgan fingerprint density at radius 1 is 0.972 bits per heavy atom. The molecule has 6 nitrogen and oxygen atoms in total. The topological polar surface area (TPSA) is 64.1 Å². The molecule has 0 spiro atoms. The van der Waals surface area contributed by atoms with Crippen LogP contribution in [-0.4, -0.2) is 67.1 Å². The van der Waals surface area contributed by atoms with E-state index >= 15 is 0 Å². The lowest BCUT2D eigenvalue weighted by atomic mass is 9.81. The Kier molecular flexibility index (Phi) is 6.26. The standard InChI is InChI=1S/C29H30FN3O3/c1-31(2)28(35)19-6-4-18(5-7-19)21-10-13-25-24(16-21)27-23(26(17-34)32(25)3)14-15-33(27)29(36)20-8-11-22(30)12-9-20/h4-13,16,23,26-27,34H,14-15,17H2,1-3H3/t23-,26-,27-/m1/s1. The van der Waals surface area contributed by atoms with E-state index < -0.39 is 0 Å². The Morgan fingerprint density at radius 2 is 1.61 bits per heavy atom. The molecule has 2 aliphatic heterocycles. The average molecular weight is 488 g/mol. The Labute approximate surface area is 210 Å². The number of likely N-dealkylation sites (N-methyl/N-ethyl adjacent to an activating group) is 1. The summed E-state index contributed by atoms with van der Waals surface area (Å²) in [5, 5.41) is 10.2. The molecule has 1 N–H and O–H groups in total. The number of hydrogen-bond donors (Lipinski definition) is 1. The molecule has 0 aromatic heterocycles. The summed E-state index contributed by atoms with van der Waals surface area (Å²) in [6.07, 6.45) is 0.776. The lowest BCUT2D eigenvalue weighted by Crippen LogP contribution is -2.48. The van der Waals surface area contributed by atoms with Gasteiger partial charge in [0, 0.05) is 50.4 Å². The van der Waals surface area contributed by atoms with Crippen LogP contribution in [0.1, 0.15) is 38.7 Å². The molecular formula is C29H30FN3O3. The summed E-state index contributed by atoms with van der Waals surface area (Å²) < 4.78 is 13.5. The molecule has 2 heterocycles. The summed E-state index contributed by atoms with van der Waals surface area (Å²) in [6.45, 7) is 0.569. The third-order valence-corrected chi connectivity index (χ3v) is 7.57. The van der Waals surface area contributed by atoms with E-state index in [0.29, 0.717) is 17.7 Å². The maximum Gasteiger partial charge on any atom is 0.254 e. The highest BCUT2D eigenvalue weighted by molar-refractivity contribution is 5.95. The summed E-state index contributed by atoms with van der Waals surface area (Å²) in [6, 6.07) is 19.1. The number of aliphatic hydroxyl groups is 1. The Morgan fingerprint density at radius 3 is 2.25 bits per heavy atom. The van der Waals surface area contributed by atoms with Gasteiger partial charge in [-0.3, -0.25) is 9.59 Å². The molecule has 0 saturated carbocycles. The van der Waals surface area contributed by atoms with E-state index in [0.717, 1.165) is 28.8 Å². The second-order valence-corrected chi connectivity index (χ2v) is 9.81. The highest BCUT2D eigenvalue weighted by Crippen LogP contribution is 2.49. The zero-order chi connectivity index (χ0) is 25.6. The fraction of sp³-hybridized carbons (Fsp3) is 0.310. The van der Waals surface area contributed by atoms with Gasteiger partial charge in [0.2, 0.25) is 0 Å². The van der Waals surface area contributed by atoms with Crippen molar-refractivity contribution < 1.29 is 19.1 Å². The van der Waals surface area contributed by atoms with Crippen molar-refractivity contribution in [1.82, 2.24) is 9.80 Å². The van der Waals surface area contributed by atoms with Crippen molar-refractivity contribution in [2.45, 2.75) is 18.5 Å². The number of nitrogens with zero attached hydrogens (tertiary/aromatic N) is 3. The number of halogens is 1. The number of likely N-dealkylation sites (tertiary alicyclic amines) is 1. The second-order valence-electron chi connectivity index (χ2n) is 9.81. The Hall–Kier alpha value is -3.71. The number of fused-ring (bicyclic) bond motifs is 3. The maximum absolute atomic E-state index is 13.5. The van der Waals surface area contributed by atoms with Crippen LogP contribution in [0.4, 0.5) is 10.1 Å². The van der Waals surface area contributed by atoms with Gasteiger partial charge in [0.25, 0.3) is 11.8 Å². The molecule has 5 rings (SSSR count). The number of benzene rings is 3. The lowest BCUT2D eigenvalue weighted by Gasteiger charge is -2.44. The van der Waals surface area contributed by atoms with Crippen LogP contribution in [-0.2, 0) is 0 Å². The number of rotatable bonds is 4. The van der Waals surface area contributed by atoms with Gasteiger partial charge in [-0.2, -0.15) is 0 Å². The van der Waals surface area contributed by atoms with E-state index in [1.165, 1.54) is 24.3 Å². The van der Waals surface area contributed by atoms with Gasteiger partial charge in [-0.05, 0) is 71.6 Å². The van der Waals surface area contributed by atoms with E-state index in [4.69, 9.17) is 0 Å². The normalized spacial score (nSPS) is 20.6. The lowest BCUT2D eigenvalue weighted by molar-refractivity contribution is 0.0693. The molecule has 7 heteroatoms. The first kappa shape index (κ1) is 24.0. The molecule has 3 atom stereocenters. The number of hydrogen-bond acceptors (Lipinski definition) is 4. The maximum atomic E-state index is 13.5. The van der Waals surface area contributed by atoms with Crippen LogP contribution in [0, 0.1) is 11.7 Å². The van der Waals surface area contributed by atoms with Gasteiger partial charge in [-0.1, -0.05) is 18.2 Å². The fourth-order valence-corrected chi connectivity index (χ4v) is 5.68. The van der Waals surface area contributed by atoms with Crippen molar-refractivity contribution >= 4 is 17.5 Å². The molecule has 1 saturated heterocycles. The molecule has 36 heavy (non-hydrogen) atoms. The monoisotopic (exact) mass is 487 g/mol. The van der Waals surface area contributed by atoms with Gasteiger partial charge in [0.05, 0.1) is 18.7 Å². The van der Waals surface area contributed by atoms with Gasteiger partial charge >= 0.3 is 0 Å². The number of aliphatic hydroxyl groups excluding tert-OH is 1. The molecule has 186 valence electrons. The highest BCUT2D eigenvalue weighted by atomic mass is 19.1.